The third-order valence-corrected chi connectivity index (χ3v) is 10.5. The zero-order valence-corrected chi connectivity index (χ0v) is 23.3. The van der Waals surface area contributed by atoms with Crippen molar-refractivity contribution in [1.82, 2.24) is 18.8 Å². The Bertz CT molecular complexity index is 1660. The van der Waals surface area contributed by atoms with Gasteiger partial charge in [-0.15, -0.1) is 11.3 Å². The van der Waals surface area contributed by atoms with E-state index in [4.69, 9.17) is 4.74 Å². The number of thiophene rings is 1. The number of rotatable bonds is 6. The van der Waals surface area contributed by atoms with Crippen molar-refractivity contribution in [3.8, 4) is 5.75 Å². The molecule has 37 heavy (non-hydrogen) atoms. The van der Waals surface area contributed by atoms with Crippen molar-refractivity contribution in [2.24, 2.45) is 11.8 Å². The van der Waals surface area contributed by atoms with Gasteiger partial charge in [0.15, 0.2) is 5.13 Å². The monoisotopic (exact) mass is 561 g/mol. The quantitative estimate of drug-likeness (QED) is 0.381. The maximum absolute atomic E-state index is 13.7. The van der Waals surface area contributed by atoms with E-state index in [1.54, 1.807) is 26.2 Å². The molecule has 0 saturated carbocycles. The Labute approximate surface area is 222 Å². The smallest absolute Gasteiger partial charge is 0.263 e. The molecule has 0 aliphatic carbocycles. The molecule has 1 N–H and O–H groups in total. The third kappa shape index (κ3) is 4.88. The number of nitrogens with one attached hydrogen (secondary N) is 1. The third-order valence-electron chi connectivity index (χ3n) is 6.39. The van der Waals surface area contributed by atoms with Gasteiger partial charge in [-0.2, -0.15) is 4.31 Å². The minimum atomic E-state index is -3.91. The fourth-order valence-corrected chi connectivity index (χ4v) is 9.12. The molecule has 1 amide bonds. The first-order valence-electron chi connectivity index (χ1n) is 11.8. The molecule has 0 spiro atoms. The van der Waals surface area contributed by atoms with Crippen LogP contribution in [0.15, 0.2) is 34.2 Å². The first-order valence-corrected chi connectivity index (χ1v) is 14.9. The molecule has 0 unspecified atom stereocenters. The molecule has 1 aliphatic heterocycles. The zero-order valence-electron chi connectivity index (χ0n) is 20.8. The lowest BCUT2D eigenvalue weighted by Gasteiger charge is -2.34. The Hall–Kier alpha value is -2.87. The van der Waals surface area contributed by atoms with E-state index in [0.29, 0.717) is 39.2 Å². The van der Waals surface area contributed by atoms with E-state index in [-0.39, 0.29) is 28.7 Å². The minimum absolute atomic E-state index is 0.00109. The lowest BCUT2D eigenvalue weighted by Crippen LogP contribution is -2.42. The summed E-state index contributed by atoms with van der Waals surface area (Å²) in [6.07, 6.45) is 2.24. The number of piperidine rings is 1. The number of carbonyl (C=O) groups excluding carboxylic acids is 1. The number of benzene rings is 1. The SMILES string of the molecule is COc1ccc2nc(NC(=O)Cn3cnc4sc(C)c(S(=O)(=O)N5C[C@@H](C)C[C@H](C)C5)c4c3=O)sc2c1. The molecule has 5 rings (SSSR count). The number of hydrogen-bond donors (Lipinski definition) is 1. The molecule has 3 aromatic heterocycles. The molecular weight excluding hydrogens is 534 g/mol. The van der Waals surface area contributed by atoms with Crippen LogP contribution in [0.5, 0.6) is 5.75 Å². The number of ether oxygens (including phenoxy) is 1. The van der Waals surface area contributed by atoms with E-state index in [0.717, 1.165) is 15.7 Å². The zero-order chi connectivity index (χ0) is 26.5. The first kappa shape index (κ1) is 25.8. The molecule has 0 radical (unpaired) electrons. The number of sulfonamides is 1. The summed E-state index contributed by atoms with van der Waals surface area (Å²) < 4.78 is 36.1. The van der Waals surface area contributed by atoms with Crippen LogP contribution in [-0.2, 0) is 21.4 Å². The summed E-state index contributed by atoms with van der Waals surface area (Å²) in [4.78, 5) is 35.8. The van der Waals surface area contributed by atoms with Gasteiger partial charge in [-0.25, -0.2) is 18.4 Å². The van der Waals surface area contributed by atoms with E-state index in [1.165, 1.54) is 33.3 Å². The summed E-state index contributed by atoms with van der Waals surface area (Å²) in [5.74, 6) is 0.672. The van der Waals surface area contributed by atoms with Crippen LogP contribution in [0.4, 0.5) is 5.13 Å². The van der Waals surface area contributed by atoms with Gasteiger partial charge >= 0.3 is 0 Å². The Morgan fingerprint density at radius 3 is 2.65 bits per heavy atom. The molecule has 1 fully saturated rings. The summed E-state index contributed by atoms with van der Waals surface area (Å²) >= 11 is 2.46. The molecule has 1 aromatic carbocycles. The number of carbonyl (C=O) groups is 1. The summed E-state index contributed by atoms with van der Waals surface area (Å²) in [6.45, 7) is 6.25. The van der Waals surface area contributed by atoms with Crippen LogP contribution in [0.25, 0.3) is 20.4 Å². The molecule has 10 nitrogen and oxygen atoms in total. The Morgan fingerprint density at radius 1 is 1.22 bits per heavy atom. The average Bonchev–Trinajstić information content (AvgIpc) is 3.39. The molecule has 13 heteroatoms. The molecule has 196 valence electrons. The van der Waals surface area contributed by atoms with Crippen molar-refractivity contribution in [1.29, 1.82) is 0 Å². The lowest BCUT2D eigenvalue weighted by atomic mass is 9.94. The van der Waals surface area contributed by atoms with Gasteiger partial charge in [0.05, 0.1) is 29.0 Å². The molecule has 4 aromatic rings. The summed E-state index contributed by atoms with van der Waals surface area (Å²) in [5, 5.41) is 3.15. The van der Waals surface area contributed by atoms with Crippen LogP contribution in [0.1, 0.15) is 25.1 Å². The number of aromatic nitrogens is 3. The van der Waals surface area contributed by atoms with Gasteiger partial charge in [0, 0.05) is 18.0 Å². The fraction of sp³-hybridized carbons (Fsp3) is 0.417. The van der Waals surface area contributed by atoms with Gasteiger partial charge in [0.1, 0.15) is 22.0 Å². The Kier molecular flexibility index (Phi) is 6.81. The molecular formula is C24H27N5O5S3. The number of amides is 1. The van der Waals surface area contributed by atoms with E-state index in [1.807, 2.05) is 19.9 Å². The molecule has 1 saturated heterocycles. The van der Waals surface area contributed by atoms with Crippen LogP contribution < -0.4 is 15.6 Å². The molecule has 2 atom stereocenters. The van der Waals surface area contributed by atoms with Gasteiger partial charge in [-0.1, -0.05) is 25.2 Å². The number of anilines is 1. The maximum atomic E-state index is 13.7. The standard InChI is InChI=1S/C24H27N5O5S3/c1-13-7-14(2)10-29(9-13)37(32,33)21-15(3)35-22-20(21)23(31)28(12-25-22)11-19(30)27-24-26-17-6-5-16(34-4)8-18(17)36-24/h5-6,8,12-14H,7,9-11H2,1-4H3,(H,26,27,30)/t13-,14-/m0/s1. The molecule has 0 bridgehead atoms. The fourth-order valence-electron chi connectivity index (χ4n) is 4.87. The van der Waals surface area contributed by atoms with E-state index < -0.39 is 21.5 Å². The molecule has 4 heterocycles. The van der Waals surface area contributed by atoms with Gasteiger partial charge < -0.3 is 10.1 Å². The lowest BCUT2D eigenvalue weighted by molar-refractivity contribution is -0.116. The summed E-state index contributed by atoms with van der Waals surface area (Å²) in [5.41, 5.74) is 0.154. The highest BCUT2D eigenvalue weighted by Crippen LogP contribution is 2.35. The van der Waals surface area contributed by atoms with Crippen molar-refractivity contribution in [3.63, 3.8) is 0 Å². The van der Waals surface area contributed by atoms with Crippen molar-refractivity contribution in [2.75, 3.05) is 25.5 Å². The van der Waals surface area contributed by atoms with Crippen molar-refractivity contribution in [3.05, 3.63) is 39.8 Å². The number of hydrogen-bond acceptors (Lipinski definition) is 9. The van der Waals surface area contributed by atoms with E-state index in [2.05, 4.69) is 15.3 Å². The van der Waals surface area contributed by atoms with Crippen LogP contribution >= 0.6 is 22.7 Å². The van der Waals surface area contributed by atoms with E-state index >= 15 is 0 Å². The highest BCUT2D eigenvalue weighted by Gasteiger charge is 2.35. The Balaban J connectivity index is 1.44. The highest BCUT2D eigenvalue weighted by atomic mass is 32.2. The van der Waals surface area contributed by atoms with E-state index in [9.17, 15) is 18.0 Å². The number of thiazole rings is 1. The normalized spacial score (nSPS) is 18.9. The van der Waals surface area contributed by atoms with Gasteiger partial charge in [0.2, 0.25) is 15.9 Å². The van der Waals surface area contributed by atoms with Crippen molar-refractivity contribution < 1.29 is 17.9 Å². The number of methoxy groups -OCH3 is 1. The second kappa shape index (κ2) is 9.78. The second-order valence-corrected chi connectivity index (χ2v) is 13.6. The topological polar surface area (TPSA) is 123 Å². The predicted octanol–water partition coefficient (Wildman–Crippen LogP) is 3.69. The average molecular weight is 562 g/mol. The van der Waals surface area contributed by atoms with Crippen molar-refractivity contribution >= 4 is 64.2 Å². The van der Waals surface area contributed by atoms with Crippen LogP contribution in [0.3, 0.4) is 0 Å². The maximum Gasteiger partial charge on any atom is 0.263 e. The van der Waals surface area contributed by atoms with Crippen LogP contribution in [-0.4, -0.2) is 53.4 Å². The van der Waals surface area contributed by atoms with Crippen molar-refractivity contribution in [2.45, 2.75) is 38.6 Å². The molecule has 1 aliphatic rings. The number of nitrogens with zero attached hydrogens (tertiary/aromatic N) is 4. The second-order valence-electron chi connectivity index (χ2n) is 9.51. The predicted molar refractivity (Wildman–Crippen MR) is 145 cm³/mol. The Morgan fingerprint density at radius 2 is 1.95 bits per heavy atom. The van der Waals surface area contributed by atoms with Gasteiger partial charge in [-0.05, 0) is 43.4 Å². The first-order chi connectivity index (χ1) is 17.6. The minimum Gasteiger partial charge on any atom is -0.497 e. The van der Waals surface area contributed by atoms with Crippen LogP contribution in [0.2, 0.25) is 0 Å². The van der Waals surface area contributed by atoms with Crippen LogP contribution in [0, 0.1) is 18.8 Å². The number of aryl methyl sites for hydroxylation is 1. The number of fused-ring (bicyclic) bond motifs is 2. The van der Waals surface area contributed by atoms with Gasteiger partial charge in [-0.3, -0.25) is 14.2 Å². The highest BCUT2D eigenvalue weighted by molar-refractivity contribution is 7.89. The summed E-state index contributed by atoms with van der Waals surface area (Å²) in [6, 6.07) is 5.41. The largest absolute Gasteiger partial charge is 0.497 e. The summed E-state index contributed by atoms with van der Waals surface area (Å²) in [7, 11) is -2.33. The van der Waals surface area contributed by atoms with Gasteiger partial charge in [0.25, 0.3) is 5.56 Å².